The molecule has 0 atom stereocenters. The van der Waals surface area contributed by atoms with Gasteiger partial charge >= 0.3 is 0 Å². The number of anilines is 3. The van der Waals surface area contributed by atoms with E-state index in [1.165, 1.54) is 53.1 Å². The highest BCUT2D eigenvalue weighted by Crippen LogP contribution is 2.47. The van der Waals surface area contributed by atoms with Crippen molar-refractivity contribution in [1.29, 1.82) is 0 Å². The molecule has 0 saturated carbocycles. The van der Waals surface area contributed by atoms with Gasteiger partial charge in [0.1, 0.15) is 0 Å². The third-order valence-electron chi connectivity index (χ3n) is 8.78. The Morgan fingerprint density at radius 2 is 1.09 bits per heavy atom. The van der Waals surface area contributed by atoms with Crippen LogP contribution < -0.4 is 4.90 Å². The molecule has 0 unspecified atom stereocenters. The minimum atomic E-state index is 1.14. The van der Waals surface area contributed by atoms with Crippen molar-refractivity contribution in [3.63, 3.8) is 0 Å². The Bertz CT molecular complexity index is 2490. The first-order valence-electron chi connectivity index (χ1n) is 15.3. The van der Waals surface area contributed by atoms with Gasteiger partial charge in [0.2, 0.25) is 0 Å². The van der Waals surface area contributed by atoms with Crippen LogP contribution in [-0.4, -0.2) is 4.57 Å². The number of para-hydroxylation sites is 3. The summed E-state index contributed by atoms with van der Waals surface area (Å²) >= 11 is 1.86. The Balaban J connectivity index is 1.39. The lowest BCUT2D eigenvalue weighted by atomic mass is 10.0. The minimum Gasteiger partial charge on any atom is -0.309 e. The van der Waals surface area contributed by atoms with Crippen LogP contribution in [0.2, 0.25) is 0 Å². The fourth-order valence-electron chi connectivity index (χ4n) is 6.83. The maximum Gasteiger partial charge on any atom is 0.0562 e. The first-order chi connectivity index (χ1) is 22.3. The van der Waals surface area contributed by atoms with Crippen molar-refractivity contribution >= 4 is 70.4 Å². The summed E-state index contributed by atoms with van der Waals surface area (Å²) < 4.78 is 5.01. The number of benzene rings is 7. The van der Waals surface area contributed by atoms with Gasteiger partial charge in [-0.15, -0.1) is 11.3 Å². The Morgan fingerprint density at radius 3 is 1.96 bits per heavy atom. The van der Waals surface area contributed by atoms with Crippen LogP contribution >= 0.6 is 11.3 Å². The standard InChI is InChI=1S/C42H28N2S/c1-3-14-29(15-4-1)32-18-7-10-21-36(32)44(31-26-27-41-35(28-31)33-19-9-12-25-40(33)45-41)39-24-13-23-38-42(39)34-20-8-11-22-37(34)43(38)30-16-5-2-6-17-30/h1-28H. The van der Waals surface area contributed by atoms with Crippen LogP contribution in [0.4, 0.5) is 17.1 Å². The molecule has 0 aliphatic carbocycles. The van der Waals surface area contributed by atoms with E-state index in [-0.39, 0.29) is 0 Å². The Morgan fingerprint density at radius 1 is 0.444 bits per heavy atom. The van der Waals surface area contributed by atoms with Gasteiger partial charge in [0, 0.05) is 47.9 Å². The van der Waals surface area contributed by atoms with E-state index in [1.807, 2.05) is 11.3 Å². The Hall–Kier alpha value is -5.64. The highest BCUT2D eigenvalue weighted by molar-refractivity contribution is 7.25. The molecule has 2 heterocycles. The first kappa shape index (κ1) is 25.8. The van der Waals surface area contributed by atoms with Gasteiger partial charge in [-0.05, 0) is 66.2 Å². The normalized spacial score (nSPS) is 11.6. The van der Waals surface area contributed by atoms with Crippen LogP contribution in [0.1, 0.15) is 0 Å². The van der Waals surface area contributed by atoms with Crippen molar-refractivity contribution in [2.24, 2.45) is 0 Å². The molecule has 3 heteroatoms. The molecule has 9 aromatic rings. The largest absolute Gasteiger partial charge is 0.309 e. The average Bonchev–Trinajstić information content (AvgIpc) is 3.65. The maximum absolute atomic E-state index is 2.47. The predicted octanol–water partition coefficient (Wildman–Crippen LogP) is 12.3. The van der Waals surface area contributed by atoms with E-state index in [0.29, 0.717) is 0 Å². The number of hydrogen-bond donors (Lipinski definition) is 0. The van der Waals surface area contributed by atoms with E-state index in [9.17, 15) is 0 Å². The highest BCUT2D eigenvalue weighted by atomic mass is 32.1. The second kappa shape index (κ2) is 10.5. The summed E-state index contributed by atoms with van der Waals surface area (Å²) in [6.45, 7) is 0. The van der Waals surface area contributed by atoms with Crippen LogP contribution in [0.3, 0.4) is 0 Å². The summed E-state index contributed by atoms with van der Waals surface area (Å²) in [6.07, 6.45) is 0. The monoisotopic (exact) mass is 592 g/mol. The van der Waals surface area contributed by atoms with Crippen LogP contribution in [0.5, 0.6) is 0 Å². The second-order valence-electron chi connectivity index (χ2n) is 11.4. The van der Waals surface area contributed by atoms with E-state index in [0.717, 1.165) is 22.7 Å². The smallest absolute Gasteiger partial charge is 0.0562 e. The van der Waals surface area contributed by atoms with Gasteiger partial charge in [0.25, 0.3) is 0 Å². The lowest BCUT2D eigenvalue weighted by molar-refractivity contribution is 1.18. The number of aromatic nitrogens is 1. The van der Waals surface area contributed by atoms with Gasteiger partial charge in [-0.25, -0.2) is 0 Å². The Kier molecular flexibility index (Phi) is 6.03. The predicted molar refractivity (Wildman–Crippen MR) is 194 cm³/mol. The molecule has 0 aliphatic heterocycles. The number of nitrogens with zero attached hydrogens (tertiary/aromatic N) is 2. The van der Waals surface area contributed by atoms with Crippen LogP contribution in [-0.2, 0) is 0 Å². The zero-order valence-electron chi connectivity index (χ0n) is 24.5. The molecule has 0 aliphatic rings. The molecule has 45 heavy (non-hydrogen) atoms. The van der Waals surface area contributed by atoms with Gasteiger partial charge in [-0.1, -0.05) is 109 Å². The van der Waals surface area contributed by atoms with Crippen molar-refractivity contribution in [2.45, 2.75) is 0 Å². The maximum atomic E-state index is 2.47. The van der Waals surface area contributed by atoms with E-state index in [1.54, 1.807) is 0 Å². The molecule has 0 N–H and O–H groups in total. The van der Waals surface area contributed by atoms with Gasteiger partial charge in [-0.2, -0.15) is 0 Å². The molecule has 212 valence electrons. The Labute approximate surface area is 265 Å². The zero-order valence-corrected chi connectivity index (χ0v) is 25.3. The molecule has 0 radical (unpaired) electrons. The summed E-state index contributed by atoms with van der Waals surface area (Å²) in [7, 11) is 0. The van der Waals surface area contributed by atoms with Gasteiger partial charge in [0.05, 0.1) is 22.4 Å². The molecule has 0 spiro atoms. The van der Waals surface area contributed by atoms with Gasteiger partial charge in [0.15, 0.2) is 0 Å². The molecular formula is C42H28N2S. The molecule has 2 nitrogen and oxygen atoms in total. The zero-order chi connectivity index (χ0) is 29.7. The summed E-state index contributed by atoms with van der Waals surface area (Å²) in [5.41, 5.74) is 9.36. The van der Waals surface area contributed by atoms with Crippen LogP contribution in [0.25, 0.3) is 58.8 Å². The fraction of sp³-hybridized carbons (Fsp3) is 0. The summed E-state index contributed by atoms with van der Waals surface area (Å²) in [6, 6.07) is 61.4. The van der Waals surface area contributed by atoms with E-state index in [2.05, 4.69) is 179 Å². The van der Waals surface area contributed by atoms with E-state index < -0.39 is 0 Å². The highest BCUT2D eigenvalue weighted by Gasteiger charge is 2.23. The molecular weight excluding hydrogens is 565 g/mol. The number of hydrogen-bond acceptors (Lipinski definition) is 2. The third-order valence-corrected chi connectivity index (χ3v) is 9.93. The molecule has 9 rings (SSSR count). The SMILES string of the molecule is c1ccc(-c2ccccc2N(c2ccc3sc4ccccc4c3c2)c2cccc3c2c2ccccc2n3-c2ccccc2)cc1. The minimum absolute atomic E-state index is 1.14. The molecule has 7 aromatic carbocycles. The topological polar surface area (TPSA) is 8.17 Å². The molecule has 0 saturated heterocycles. The lowest BCUT2D eigenvalue weighted by Gasteiger charge is -2.29. The number of rotatable bonds is 5. The van der Waals surface area contributed by atoms with Crippen molar-refractivity contribution in [3.8, 4) is 16.8 Å². The van der Waals surface area contributed by atoms with Crippen LogP contribution in [0, 0.1) is 0 Å². The van der Waals surface area contributed by atoms with Gasteiger partial charge < -0.3 is 9.47 Å². The third kappa shape index (κ3) is 4.16. The van der Waals surface area contributed by atoms with Gasteiger partial charge in [-0.3, -0.25) is 0 Å². The molecule has 0 bridgehead atoms. The molecule has 0 amide bonds. The number of fused-ring (bicyclic) bond motifs is 6. The van der Waals surface area contributed by atoms with Crippen molar-refractivity contribution in [1.82, 2.24) is 4.57 Å². The quantitative estimate of drug-likeness (QED) is 0.193. The second-order valence-corrected chi connectivity index (χ2v) is 12.4. The lowest BCUT2D eigenvalue weighted by Crippen LogP contribution is -2.11. The van der Waals surface area contributed by atoms with Crippen molar-refractivity contribution in [3.05, 3.63) is 170 Å². The van der Waals surface area contributed by atoms with Crippen molar-refractivity contribution in [2.75, 3.05) is 4.90 Å². The fourth-order valence-corrected chi connectivity index (χ4v) is 7.92. The average molecular weight is 593 g/mol. The summed E-state index contributed by atoms with van der Waals surface area (Å²) in [4.78, 5) is 2.47. The number of thiophene rings is 1. The van der Waals surface area contributed by atoms with E-state index >= 15 is 0 Å². The first-order valence-corrected chi connectivity index (χ1v) is 16.1. The molecule has 0 fully saturated rings. The molecule has 2 aromatic heterocycles. The summed E-state index contributed by atoms with van der Waals surface area (Å²) in [5, 5.41) is 5.05. The van der Waals surface area contributed by atoms with E-state index in [4.69, 9.17) is 0 Å². The van der Waals surface area contributed by atoms with Crippen molar-refractivity contribution < 1.29 is 0 Å². The summed E-state index contributed by atoms with van der Waals surface area (Å²) in [5.74, 6) is 0. The van der Waals surface area contributed by atoms with Crippen LogP contribution in [0.15, 0.2) is 170 Å².